The molecule has 48 valence electrons. The van der Waals surface area contributed by atoms with Gasteiger partial charge in [0.25, 0.3) is 0 Å². The lowest BCUT2D eigenvalue weighted by molar-refractivity contribution is 0.695. The molecule has 0 spiro atoms. The van der Waals surface area contributed by atoms with E-state index in [1.54, 1.807) is 7.05 Å². The van der Waals surface area contributed by atoms with E-state index in [4.69, 9.17) is 0 Å². The van der Waals surface area contributed by atoms with E-state index in [0.717, 1.165) is 6.54 Å². The van der Waals surface area contributed by atoms with Crippen LogP contribution in [0.25, 0.3) is 0 Å². The quantitative estimate of drug-likeness (QED) is 0.536. The molecule has 0 saturated heterocycles. The van der Waals surface area contributed by atoms with Crippen LogP contribution in [0.1, 0.15) is 13.8 Å². The van der Waals surface area contributed by atoms with Crippen molar-refractivity contribution in [3.8, 4) is 0 Å². The van der Waals surface area contributed by atoms with Gasteiger partial charge in [-0.1, -0.05) is 6.92 Å². The second-order valence-corrected chi connectivity index (χ2v) is 1.75. The van der Waals surface area contributed by atoms with Crippen molar-refractivity contribution in [1.29, 1.82) is 0 Å². The largest absolute Gasteiger partial charge is 0.310 e. The van der Waals surface area contributed by atoms with Crippen LogP contribution >= 0.6 is 0 Å². The van der Waals surface area contributed by atoms with Gasteiger partial charge in [-0.2, -0.15) is 0 Å². The second kappa shape index (κ2) is 4.78. The van der Waals surface area contributed by atoms with Crippen molar-refractivity contribution >= 4 is 6.21 Å². The Bertz CT molecular complexity index is 68.9. The summed E-state index contributed by atoms with van der Waals surface area (Å²) < 4.78 is 0. The first-order valence-corrected chi connectivity index (χ1v) is 2.97. The monoisotopic (exact) mass is 114 g/mol. The van der Waals surface area contributed by atoms with E-state index in [9.17, 15) is 0 Å². The summed E-state index contributed by atoms with van der Waals surface area (Å²) in [5, 5.41) is 3.20. The minimum atomic E-state index is 0.421. The third-order valence-electron chi connectivity index (χ3n) is 0.899. The molecule has 0 aromatic carbocycles. The molecule has 0 amide bonds. The van der Waals surface area contributed by atoms with Gasteiger partial charge in [0.2, 0.25) is 0 Å². The molecule has 0 heterocycles. The van der Waals surface area contributed by atoms with Gasteiger partial charge in [0.15, 0.2) is 0 Å². The van der Waals surface area contributed by atoms with Gasteiger partial charge in [0.05, 0.1) is 0 Å². The zero-order valence-electron chi connectivity index (χ0n) is 5.81. The van der Waals surface area contributed by atoms with Gasteiger partial charge < -0.3 is 5.32 Å². The molecule has 0 aliphatic heterocycles. The zero-order valence-corrected chi connectivity index (χ0v) is 5.81. The smallest absolute Gasteiger partial charge is 0.0391 e. The van der Waals surface area contributed by atoms with Gasteiger partial charge in [-0.25, -0.2) is 0 Å². The molecule has 1 atom stereocenters. The third-order valence-corrected chi connectivity index (χ3v) is 0.899. The second-order valence-electron chi connectivity index (χ2n) is 1.75. The molecule has 0 radical (unpaired) electrons. The minimum absolute atomic E-state index is 0.421. The van der Waals surface area contributed by atoms with Gasteiger partial charge in [-0.15, -0.1) is 0 Å². The van der Waals surface area contributed by atoms with E-state index in [2.05, 4.69) is 24.2 Å². The Morgan fingerprint density at radius 1 is 1.75 bits per heavy atom. The van der Waals surface area contributed by atoms with Gasteiger partial charge in [-0.3, -0.25) is 4.99 Å². The van der Waals surface area contributed by atoms with Crippen LogP contribution in [0.15, 0.2) is 4.99 Å². The highest BCUT2D eigenvalue weighted by atomic mass is 14.9. The molecule has 0 saturated carbocycles. The summed E-state index contributed by atoms with van der Waals surface area (Å²) in [4.78, 5) is 3.87. The topological polar surface area (TPSA) is 24.4 Å². The number of nitrogens with one attached hydrogen (secondary N) is 1. The summed E-state index contributed by atoms with van der Waals surface area (Å²) in [6.07, 6.45) is 1.89. The van der Waals surface area contributed by atoms with Crippen molar-refractivity contribution in [3.63, 3.8) is 0 Å². The Morgan fingerprint density at radius 2 is 2.38 bits per heavy atom. The van der Waals surface area contributed by atoms with Crippen molar-refractivity contribution < 1.29 is 0 Å². The van der Waals surface area contributed by atoms with Gasteiger partial charge in [0.1, 0.15) is 0 Å². The first kappa shape index (κ1) is 7.63. The first-order chi connectivity index (χ1) is 3.81. The Kier molecular flexibility index (Phi) is 4.56. The van der Waals surface area contributed by atoms with Crippen molar-refractivity contribution in [1.82, 2.24) is 5.32 Å². The van der Waals surface area contributed by atoms with Crippen LogP contribution in [-0.2, 0) is 0 Å². The van der Waals surface area contributed by atoms with E-state index in [0.29, 0.717) is 6.04 Å². The number of aliphatic imine (C=N–C) groups is 1. The van der Waals surface area contributed by atoms with Crippen molar-refractivity contribution in [2.75, 3.05) is 13.6 Å². The third kappa shape index (κ3) is 3.81. The van der Waals surface area contributed by atoms with Crippen LogP contribution in [0.5, 0.6) is 0 Å². The molecule has 0 aromatic rings. The van der Waals surface area contributed by atoms with Gasteiger partial charge >= 0.3 is 0 Å². The fraction of sp³-hybridized carbons (Fsp3) is 0.833. The molecular formula is C6H14N2. The molecule has 0 rings (SSSR count). The lowest BCUT2D eigenvalue weighted by Crippen LogP contribution is -2.26. The molecule has 2 nitrogen and oxygen atoms in total. The molecule has 0 aliphatic rings. The van der Waals surface area contributed by atoms with Crippen molar-refractivity contribution in [2.45, 2.75) is 19.9 Å². The van der Waals surface area contributed by atoms with Crippen LogP contribution in [-0.4, -0.2) is 25.8 Å². The molecule has 2 heteroatoms. The predicted molar refractivity (Wildman–Crippen MR) is 37.6 cm³/mol. The Labute approximate surface area is 51.0 Å². The van der Waals surface area contributed by atoms with Crippen LogP contribution in [0.2, 0.25) is 0 Å². The lowest BCUT2D eigenvalue weighted by Gasteiger charge is -2.02. The zero-order chi connectivity index (χ0) is 6.41. The highest BCUT2D eigenvalue weighted by Gasteiger charge is 1.89. The summed E-state index contributed by atoms with van der Waals surface area (Å²) in [7, 11) is 1.79. The predicted octanol–water partition coefficient (Wildman–Crippen LogP) is 0.685. The molecule has 1 unspecified atom stereocenters. The summed E-state index contributed by atoms with van der Waals surface area (Å²) in [6.45, 7) is 5.17. The van der Waals surface area contributed by atoms with E-state index >= 15 is 0 Å². The van der Waals surface area contributed by atoms with Crippen molar-refractivity contribution in [3.05, 3.63) is 0 Å². The molecule has 0 aromatic heterocycles. The number of nitrogens with zero attached hydrogens (tertiary/aromatic N) is 1. The minimum Gasteiger partial charge on any atom is -0.310 e. The average molecular weight is 114 g/mol. The van der Waals surface area contributed by atoms with Crippen LogP contribution < -0.4 is 5.32 Å². The maximum atomic E-state index is 3.87. The molecule has 1 N–H and O–H groups in total. The van der Waals surface area contributed by atoms with E-state index in [1.807, 2.05) is 6.21 Å². The van der Waals surface area contributed by atoms with Crippen LogP contribution in [0.4, 0.5) is 0 Å². The van der Waals surface area contributed by atoms with E-state index in [-0.39, 0.29) is 0 Å². The normalized spacial score (nSPS) is 14.9. The number of rotatable bonds is 3. The molecule has 8 heavy (non-hydrogen) atoms. The summed E-state index contributed by atoms with van der Waals surface area (Å²) in [5.74, 6) is 0. The van der Waals surface area contributed by atoms with E-state index in [1.165, 1.54) is 0 Å². The molecular weight excluding hydrogens is 100 g/mol. The summed E-state index contributed by atoms with van der Waals surface area (Å²) in [6, 6.07) is 0.421. The van der Waals surface area contributed by atoms with Crippen LogP contribution in [0, 0.1) is 0 Å². The lowest BCUT2D eigenvalue weighted by atomic mass is 10.4. The fourth-order valence-corrected chi connectivity index (χ4v) is 0.598. The van der Waals surface area contributed by atoms with E-state index < -0.39 is 0 Å². The highest BCUT2D eigenvalue weighted by molar-refractivity contribution is 5.63. The Hall–Kier alpha value is -0.370. The molecule has 0 bridgehead atoms. The SMILES string of the molecule is CCNC(C)/C=N\C. The molecule has 0 aliphatic carbocycles. The Morgan fingerprint density at radius 3 is 2.75 bits per heavy atom. The maximum absolute atomic E-state index is 3.87. The number of hydrogen-bond acceptors (Lipinski definition) is 2. The first-order valence-electron chi connectivity index (χ1n) is 2.97. The summed E-state index contributed by atoms with van der Waals surface area (Å²) >= 11 is 0. The summed E-state index contributed by atoms with van der Waals surface area (Å²) in [5.41, 5.74) is 0. The molecule has 0 fully saturated rings. The van der Waals surface area contributed by atoms with Gasteiger partial charge in [0, 0.05) is 19.3 Å². The fourth-order valence-electron chi connectivity index (χ4n) is 0.598. The maximum Gasteiger partial charge on any atom is 0.0391 e. The average Bonchev–Trinajstić information content (AvgIpc) is 1.68. The Balaban J connectivity index is 3.17. The van der Waals surface area contributed by atoms with Gasteiger partial charge in [-0.05, 0) is 13.5 Å². The number of hydrogen-bond donors (Lipinski definition) is 1. The standard InChI is InChI=1S/C6H14N2/c1-4-8-6(2)5-7-3/h5-6,8H,4H2,1-3H3/b7-5-. The highest BCUT2D eigenvalue weighted by Crippen LogP contribution is 1.72. The van der Waals surface area contributed by atoms with Crippen LogP contribution in [0.3, 0.4) is 0 Å². The van der Waals surface area contributed by atoms with Crippen molar-refractivity contribution in [2.24, 2.45) is 4.99 Å².